The zero-order valence-corrected chi connectivity index (χ0v) is 49.8. The van der Waals surface area contributed by atoms with Crippen LogP contribution >= 0.6 is 0 Å². The second kappa shape index (κ2) is 61.1. The zero-order valence-electron chi connectivity index (χ0n) is 49.8. The van der Waals surface area contributed by atoms with E-state index in [1.54, 1.807) is 7.11 Å². The number of carbonyl (C=O) groups is 4. The molecule has 0 radical (unpaired) electrons. The summed E-state index contributed by atoms with van der Waals surface area (Å²) in [7, 11) is 1.59. The summed E-state index contributed by atoms with van der Waals surface area (Å²) in [4.78, 5) is 48.5. The predicted octanol–water partition coefficient (Wildman–Crippen LogP) is 10.7. The number of hydrogen-bond donors (Lipinski definition) is 2. The molecule has 77 heavy (non-hydrogen) atoms. The molecule has 0 spiro atoms. The van der Waals surface area contributed by atoms with Crippen molar-refractivity contribution in [2.45, 2.75) is 214 Å². The molecule has 3 unspecified atom stereocenters. The minimum absolute atomic E-state index is 0.00671. The van der Waals surface area contributed by atoms with Crippen LogP contribution in [0.3, 0.4) is 0 Å². The molecule has 0 saturated heterocycles. The van der Waals surface area contributed by atoms with Crippen LogP contribution in [0.2, 0.25) is 0 Å². The Labute approximate surface area is 468 Å². The van der Waals surface area contributed by atoms with E-state index in [2.05, 4.69) is 38.3 Å². The van der Waals surface area contributed by atoms with E-state index < -0.39 is 5.97 Å². The van der Waals surface area contributed by atoms with Crippen molar-refractivity contribution >= 4 is 23.9 Å². The van der Waals surface area contributed by atoms with Gasteiger partial charge in [0.25, 0.3) is 0 Å². The molecule has 0 saturated carbocycles. The highest BCUT2D eigenvalue weighted by Crippen LogP contribution is 2.20. The van der Waals surface area contributed by atoms with E-state index in [9.17, 15) is 19.2 Å². The fraction of sp³-hybridized carbons (Fsp3) is 0.933. The van der Waals surface area contributed by atoms with E-state index >= 15 is 0 Å². The van der Waals surface area contributed by atoms with Crippen LogP contribution in [-0.2, 0) is 71.3 Å². The molecular formula is C60H116N2O15. The first-order chi connectivity index (χ1) is 37.8. The summed E-state index contributed by atoms with van der Waals surface area (Å²) in [6.45, 7) is 16.7. The largest absolute Gasteiger partial charge is 0.465 e. The molecule has 0 fully saturated rings. The summed E-state index contributed by atoms with van der Waals surface area (Å²) in [5.41, 5.74) is 0. The van der Waals surface area contributed by atoms with E-state index in [1.807, 2.05) is 0 Å². The van der Waals surface area contributed by atoms with E-state index in [-0.39, 0.29) is 56.9 Å². The topological polar surface area (TPSA) is 194 Å². The first-order valence-electron chi connectivity index (χ1n) is 30.8. The van der Waals surface area contributed by atoms with Gasteiger partial charge in [0.1, 0.15) is 19.3 Å². The van der Waals surface area contributed by atoms with Gasteiger partial charge >= 0.3 is 23.9 Å². The molecule has 456 valence electrons. The van der Waals surface area contributed by atoms with Crippen LogP contribution in [0, 0.1) is 11.8 Å². The van der Waals surface area contributed by atoms with Gasteiger partial charge in [-0.1, -0.05) is 143 Å². The predicted molar refractivity (Wildman–Crippen MR) is 304 cm³/mol. The highest BCUT2D eigenvalue weighted by Gasteiger charge is 2.15. The Kier molecular flexibility index (Phi) is 59.2. The molecule has 0 aromatic carbocycles. The van der Waals surface area contributed by atoms with Crippen LogP contribution in [-0.4, -0.2) is 169 Å². The summed E-state index contributed by atoms with van der Waals surface area (Å²) in [5.74, 6) is 0.0874. The van der Waals surface area contributed by atoms with Crippen LogP contribution in [0.15, 0.2) is 0 Å². The lowest BCUT2D eigenvalue weighted by atomic mass is 9.96. The average molecular weight is 1110 g/mol. The number of ether oxygens (including phenoxy) is 11. The number of rotatable bonds is 63. The lowest BCUT2D eigenvalue weighted by molar-refractivity contribution is -0.146. The molecule has 0 aliphatic carbocycles. The standard InChI is InChI=1S/C60H116N2O15/c1-6-10-14-22-30-54(28-12-8-3)50-76-57(63)32-24-18-16-20-26-36-71-52-56(73-37-27-21-17-19-25-33-58(64)77-51-55(29-13-9-4)31-23-15-11-7-2)53-72-45-44-69-41-40-68-42-43-70-46-47-75-60(66)49-62-35-39-74-59(65)48-61-34-38-67-5/h54-56,61-62H,6-53H2,1-5H3. The Morgan fingerprint density at radius 1 is 0.338 bits per heavy atom. The van der Waals surface area contributed by atoms with Gasteiger partial charge in [0.05, 0.1) is 92.4 Å². The van der Waals surface area contributed by atoms with E-state index in [0.717, 1.165) is 89.9 Å². The Bertz CT molecular complexity index is 1280. The van der Waals surface area contributed by atoms with Crippen molar-refractivity contribution in [3.05, 3.63) is 0 Å². The Balaban J connectivity index is 4.39. The van der Waals surface area contributed by atoms with Crippen molar-refractivity contribution < 1.29 is 71.3 Å². The highest BCUT2D eigenvalue weighted by molar-refractivity contribution is 5.72. The summed E-state index contributed by atoms with van der Waals surface area (Å²) < 4.78 is 61.6. The second-order valence-electron chi connectivity index (χ2n) is 20.4. The zero-order chi connectivity index (χ0) is 56.2. The first kappa shape index (κ1) is 74.5. The molecule has 0 heterocycles. The summed E-state index contributed by atoms with van der Waals surface area (Å²) in [6.07, 6.45) is 30.0. The summed E-state index contributed by atoms with van der Waals surface area (Å²) >= 11 is 0. The van der Waals surface area contributed by atoms with Crippen LogP contribution in [0.25, 0.3) is 0 Å². The van der Waals surface area contributed by atoms with Gasteiger partial charge in [0, 0.05) is 46.3 Å². The van der Waals surface area contributed by atoms with E-state index in [1.165, 1.54) is 77.0 Å². The molecule has 0 bridgehead atoms. The molecule has 17 heteroatoms. The lowest BCUT2D eigenvalue weighted by Gasteiger charge is -2.18. The van der Waals surface area contributed by atoms with Gasteiger partial charge in [0.2, 0.25) is 0 Å². The molecule has 0 rings (SSSR count). The maximum Gasteiger partial charge on any atom is 0.320 e. The maximum absolute atomic E-state index is 12.5. The molecule has 0 amide bonds. The number of hydrogen-bond acceptors (Lipinski definition) is 17. The van der Waals surface area contributed by atoms with Gasteiger partial charge in [0.15, 0.2) is 0 Å². The van der Waals surface area contributed by atoms with Crippen LogP contribution in [0.1, 0.15) is 207 Å². The number of esters is 4. The summed E-state index contributed by atoms with van der Waals surface area (Å²) in [6, 6.07) is 0. The fourth-order valence-electron chi connectivity index (χ4n) is 8.39. The number of methoxy groups -OCH3 is 1. The summed E-state index contributed by atoms with van der Waals surface area (Å²) in [5, 5.41) is 5.78. The van der Waals surface area contributed by atoms with Crippen molar-refractivity contribution in [3.63, 3.8) is 0 Å². The molecule has 0 aromatic heterocycles. The molecule has 0 aromatic rings. The minimum Gasteiger partial charge on any atom is -0.465 e. The quantitative estimate of drug-likeness (QED) is 0.0331. The van der Waals surface area contributed by atoms with Crippen molar-refractivity contribution in [3.8, 4) is 0 Å². The molecule has 3 atom stereocenters. The minimum atomic E-state index is -0.418. The lowest BCUT2D eigenvalue weighted by Crippen LogP contribution is -2.31. The Hall–Kier alpha value is -2.48. The Morgan fingerprint density at radius 2 is 0.727 bits per heavy atom. The van der Waals surface area contributed by atoms with Crippen molar-refractivity contribution in [1.82, 2.24) is 10.6 Å². The van der Waals surface area contributed by atoms with Crippen LogP contribution < -0.4 is 10.6 Å². The van der Waals surface area contributed by atoms with Crippen LogP contribution in [0.5, 0.6) is 0 Å². The monoisotopic (exact) mass is 1100 g/mol. The Morgan fingerprint density at radius 3 is 1.22 bits per heavy atom. The van der Waals surface area contributed by atoms with Gasteiger partial charge < -0.3 is 62.7 Å². The van der Waals surface area contributed by atoms with E-state index in [4.69, 9.17) is 52.1 Å². The molecule has 0 aliphatic heterocycles. The molecule has 2 N–H and O–H groups in total. The number of unbranched alkanes of at least 4 members (excludes halogenated alkanes) is 16. The van der Waals surface area contributed by atoms with Crippen molar-refractivity contribution in [2.24, 2.45) is 11.8 Å². The smallest absolute Gasteiger partial charge is 0.320 e. The second-order valence-corrected chi connectivity index (χ2v) is 20.4. The molecule has 17 nitrogen and oxygen atoms in total. The van der Waals surface area contributed by atoms with Gasteiger partial charge in [-0.3, -0.25) is 19.2 Å². The third-order valence-corrected chi connectivity index (χ3v) is 13.1. The SMILES string of the molecule is CCCCCCC(CCCC)COC(=O)CCCCCCCOCC(COCCOCCOCCOCCOC(=O)CNCCOC(=O)CNCCOC)OCCCCCCCC(=O)OCC(CCCC)CCCCCC. The van der Waals surface area contributed by atoms with E-state index in [0.29, 0.717) is 124 Å². The van der Waals surface area contributed by atoms with Gasteiger partial charge in [-0.2, -0.15) is 0 Å². The third-order valence-electron chi connectivity index (χ3n) is 13.1. The fourth-order valence-corrected chi connectivity index (χ4v) is 8.39. The third kappa shape index (κ3) is 56.6. The first-order valence-corrected chi connectivity index (χ1v) is 30.8. The molecular weight excluding hydrogens is 989 g/mol. The van der Waals surface area contributed by atoms with Crippen molar-refractivity contribution in [2.75, 3.05) is 139 Å². The van der Waals surface area contributed by atoms with Crippen LogP contribution in [0.4, 0.5) is 0 Å². The highest BCUT2D eigenvalue weighted by atomic mass is 16.6. The normalized spacial score (nSPS) is 12.6. The van der Waals surface area contributed by atoms with Gasteiger partial charge in [-0.25, -0.2) is 0 Å². The number of carbonyl (C=O) groups excluding carboxylic acids is 4. The number of nitrogens with one attached hydrogen (secondary N) is 2. The van der Waals surface area contributed by atoms with Gasteiger partial charge in [-0.15, -0.1) is 0 Å². The molecule has 0 aliphatic rings. The maximum atomic E-state index is 12.5. The van der Waals surface area contributed by atoms with Gasteiger partial charge in [-0.05, 0) is 63.2 Å². The average Bonchev–Trinajstić information content (AvgIpc) is 3.43. The van der Waals surface area contributed by atoms with Crippen molar-refractivity contribution in [1.29, 1.82) is 0 Å².